The number of hydrogen-bond donors (Lipinski definition) is 2. The molecule has 0 radical (unpaired) electrons. The molecule has 2 aliphatic heterocycles. The molecule has 6 heteroatoms. The Hall–Kier alpha value is -3.90. The van der Waals surface area contributed by atoms with Crippen molar-refractivity contribution in [3.05, 3.63) is 101 Å². The maximum absolute atomic E-state index is 13.5. The summed E-state index contributed by atoms with van der Waals surface area (Å²) >= 11 is 0. The van der Waals surface area contributed by atoms with Crippen LogP contribution in [-0.2, 0) is 10.2 Å². The van der Waals surface area contributed by atoms with E-state index in [4.69, 9.17) is 9.73 Å². The van der Waals surface area contributed by atoms with Crippen LogP contribution in [-0.4, -0.2) is 47.5 Å². The molecule has 1 aliphatic carbocycles. The van der Waals surface area contributed by atoms with Gasteiger partial charge in [0, 0.05) is 18.8 Å². The highest BCUT2D eigenvalue weighted by Crippen LogP contribution is 2.49. The van der Waals surface area contributed by atoms with E-state index in [0.717, 1.165) is 54.0 Å². The zero-order chi connectivity index (χ0) is 27.7. The van der Waals surface area contributed by atoms with Gasteiger partial charge in [0.15, 0.2) is 6.10 Å². The molecule has 0 spiro atoms. The monoisotopic (exact) mass is 535 g/mol. The van der Waals surface area contributed by atoms with Crippen LogP contribution in [0.15, 0.2) is 95.1 Å². The standard InChI is InChI=1S/C34H37N3O3/c1-23(2)40-29-14-7-10-25(20-29)24-9-6-11-26(19-24)31(38)32(39)37-18-8-15-30-27(22-37)21-35-33(36-30)34(16-17-34)28-12-4-3-5-13-28/h3-7,9-14,19-20,23,31,38H,8,15-18,21-22H2,1-2H3,(H,35,36)/t31-/m1/s1. The minimum Gasteiger partial charge on any atom is -0.491 e. The smallest absolute Gasteiger partial charge is 0.256 e. The van der Waals surface area contributed by atoms with Crippen LogP contribution in [0.4, 0.5) is 0 Å². The van der Waals surface area contributed by atoms with Crippen LogP contribution in [0.2, 0.25) is 0 Å². The Morgan fingerprint density at radius 2 is 1.75 bits per heavy atom. The normalized spacial score (nSPS) is 18.8. The van der Waals surface area contributed by atoms with Gasteiger partial charge in [0.05, 0.1) is 18.1 Å². The number of allylic oxidation sites excluding steroid dienone is 1. The second kappa shape index (κ2) is 10.9. The van der Waals surface area contributed by atoms with Gasteiger partial charge >= 0.3 is 0 Å². The number of aliphatic imine (C=N–C) groups is 1. The Kier molecular flexibility index (Phi) is 7.20. The SMILES string of the molecule is CC(C)Oc1cccc(-c2cccc([C@@H](O)C(=O)N3CCCC4=C(CN=C(C5(c6ccccc6)CC5)N4)C3)c2)c1. The third-order valence-corrected chi connectivity index (χ3v) is 8.18. The lowest BCUT2D eigenvalue weighted by atomic mass is 9.93. The van der Waals surface area contributed by atoms with E-state index >= 15 is 0 Å². The van der Waals surface area contributed by atoms with Crippen LogP contribution in [0.5, 0.6) is 5.75 Å². The summed E-state index contributed by atoms with van der Waals surface area (Å²) in [5, 5.41) is 14.9. The first-order valence-corrected chi connectivity index (χ1v) is 14.4. The summed E-state index contributed by atoms with van der Waals surface area (Å²) < 4.78 is 5.85. The minimum absolute atomic E-state index is 0.00322. The Balaban J connectivity index is 1.15. The third-order valence-electron chi connectivity index (χ3n) is 8.18. The minimum atomic E-state index is -1.22. The van der Waals surface area contributed by atoms with Crippen molar-refractivity contribution in [2.45, 2.75) is 57.2 Å². The summed E-state index contributed by atoms with van der Waals surface area (Å²) in [6, 6.07) is 26.1. The molecule has 206 valence electrons. The van der Waals surface area contributed by atoms with E-state index in [9.17, 15) is 9.90 Å². The molecule has 0 aromatic heterocycles. The molecular weight excluding hydrogens is 498 g/mol. The summed E-state index contributed by atoms with van der Waals surface area (Å²) in [6.07, 6.45) is 2.80. The summed E-state index contributed by atoms with van der Waals surface area (Å²) in [5.74, 6) is 1.60. The van der Waals surface area contributed by atoms with Gasteiger partial charge in [0.25, 0.3) is 5.91 Å². The van der Waals surface area contributed by atoms with E-state index in [0.29, 0.717) is 25.2 Å². The topological polar surface area (TPSA) is 74.2 Å². The first-order chi connectivity index (χ1) is 19.4. The number of amides is 1. The maximum Gasteiger partial charge on any atom is 0.256 e. The van der Waals surface area contributed by atoms with Crippen molar-refractivity contribution in [3.63, 3.8) is 0 Å². The van der Waals surface area contributed by atoms with E-state index in [-0.39, 0.29) is 17.4 Å². The molecule has 2 heterocycles. The summed E-state index contributed by atoms with van der Waals surface area (Å²) in [5.41, 5.74) is 6.17. The van der Waals surface area contributed by atoms with E-state index < -0.39 is 6.10 Å². The van der Waals surface area contributed by atoms with Crippen molar-refractivity contribution in [1.29, 1.82) is 0 Å². The Labute approximate surface area is 236 Å². The lowest BCUT2D eigenvalue weighted by molar-refractivity contribution is -0.140. The van der Waals surface area contributed by atoms with Crippen LogP contribution in [0.25, 0.3) is 11.1 Å². The fourth-order valence-corrected chi connectivity index (χ4v) is 5.91. The Morgan fingerprint density at radius 1 is 1.00 bits per heavy atom. The van der Waals surface area contributed by atoms with Crippen molar-refractivity contribution < 1.29 is 14.6 Å². The first kappa shape index (κ1) is 26.3. The van der Waals surface area contributed by atoms with E-state index in [1.165, 1.54) is 11.3 Å². The van der Waals surface area contributed by atoms with Crippen LogP contribution >= 0.6 is 0 Å². The number of aliphatic hydroxyl groups is 1. The second-order valence-electron chi connectivity index (χ2n) is 11.4. The molecule has 0 bridgehead atoms. The van der Waals surface area contributed by atoms with Crippen molar-refractivity contribution in [2.75, 3.05) is 19.6 Å². The number of hydrogen-bond acceptors (Lipinski definition) is 5. The molecule has 1 fully saturated rings. The number of rotatable bonds is 7. The van der Waals surface area contributed by atoms with Crippen LogP contribution in [0.1, 0.15) is 56.8 Å². The van der Waals surface area contributed by atoms with E-state index in [1.807, 2.05) is 62.4 Å². The van der Waals surface area contributed by atoms with Gasteiger partial charge in [0.2, 0.25) is 0 Å². The number of nitrogens with zero attached hydrogens (tertiary/aromatic N) is 2. The summed E-state index contributed by atoms with van der Waals surface area (Å²) in [4.78, 5) is 20.3. The third kappa shape index (κ3) is 5.28. The Bertz CT molecular complexity index is 1460. The van der Waals surface area contributed by atoms with Gasteiger partial charge in [-0.3, -0.25) is 9.79 Å². The summed E-state index contributed by atoms with van der Waals surface area (Å²) in [6.45, 7) is 5.69. The van der Waals surface area contributed by atoms with Crippen LogP contribution < -0.4 is 10.1 Å². The lowest BCUT2D eigenvalue weighted by Gasteiger charge is -2.28. The zero-order valence-electron chi connectivity index (χ0n) is 23.3. The number of ether oxygens (including phenoxy) is 1. The highest BCUT2D eigenvalue weighted by atomic mass is 16.5. The quantitative estimate of drug-likeness (QED) is 0.402. The molecule has 1 saturated carbocycles. The Morgan fingerprint density at radius 3 is 2.50 bits per heavy atom. The molecule has 3 aliphatic rings. The van der Waals surface area contributed by atoms with Crippen LogP contribution in [0.3, 0.4) is 0 Å². The predicted octanol–water partition coefficient (Wildman–Crippen LogP) is 5.78. The van der Waals surface area contributed by atoms with Crippen molar-refractivity contribution in [2.24, 2.45) is 4.99 Å². The van der Waals surface area contributed by atoms with Crippen LogP contribution in [0, 0.1) is 0 Å². The average molecular weight is 536 g/mol. The zero-order valence-corrected chi connectivity index (χ0v) is 23.3. The number of benzene rings is 3. The molecule has 1 amide bonds. The second-order valence-corrected chi connectivity index (χ2v) is 11.4. The maximum atomic E-state index is 13.5. The lowest BCUT2D eigenvalue weighted by Crippen LogP contribution is -2.40. The molecule has 6 nitrogen and oxygen atoms in total. The average Bonchev–Trinajstić information content (AvgIpc) is 3.81. The van der Waals surface area contributed by atoms with Gasteiger partial charge in [-0.1, -0.05) is 60.7 Å². The van der Waals surface area contributed by atoms with E-state index in [2.05, 4.69) is 35.6 Å². The van der Waals surface area contributed by atoms with Gasteiger partial charge in [-0.05, 0) is 85.6 Å². The molecule has 1 atom stereocenters. The van der Waals surface area contributed by atoms with Gasteiger partial charge in [0.1, 0.15) is 11.6 Å². The number of aliphatic hydroxyl groups excluding tert-OH is 1. The van der Waals surface area contributed by atoms with Gasteiger partial charge in [-0.25, -0.2) is 0 Å². The molecule has 0 unspecified atom stereocenters. The fraction of sp³-hybridized carbons (Fsp3) is 0.353. The molecule has 0 saturated heterocycles. The number of nitrogens with one attached hydrogen (secondary N) is 1. The molecule has 40 heavy (non-hydrogen) atoms. The highest BCUT2D eigenvalue weighted by molar-refractivity contribution is 5.98. The van der Waals surface area contributed by atoms with Crippen molar-refractivity contribution in [1.82, 2.24) is 10.2 Å². The van der Waals surface area contributed by atoms with Gasteiger partial charge in [-0.2, -0.15) is 0 Å². The van der Waals surface area contributed by atoms with Crippen molar-refractivity contribution in [3.8, 4) is 16.9 Å². The molecule has 2 N–H and O–H groups in total. The number of carbonyl (C=O) groups excluding carboxylic acids is 1. The van der Waals surface area contributed by atoms with Gasteiger partial charge in [-0.15, -0.1) is 0 Å². The largest absolute Gasteiger partial charge is 0.491 e. The number of amidine groups is 1. The van der Waals surface area contributed by atoms with Crippen molar-refractivity contribution >= 4 is 11.7 Å². The molecule has 3 aromatic carbocycles. The fourth-order valence-electron chi connectivity index (χ4n) is 5.91. The number of carbonyl (C=O) groups is 1. The summed E-state index contributed by atoms with van der Waals surface area (Å²) in [7, 11) is 0. The molecular formula is C34H37N3O3. The molecule has 6 rings (SSSR count). The molecule has 3 aromatic rings. The van der Waals surface area contributed by atoms with E-state index in [1.54, 1.807) is 4.90 Å². The highest BCUT2D eigenvalue weighted by Gasteiger charge is 2.50. The predicted molar refractivity (Wildman–Crippen MR) is 158 cm³/mol. The first-order valence-electron chi connectivity index (χ1n) is 14.4. The van der Waals surface area contributed by atoms with Gasteiger partial charge < -0.3 is 20.1 Å².